The summed E-state index contributed by atoms with van der Waals surface area (Å²) in [6.45, 7) is 0. The van der Waals surface area contributed by atoms with E-state index in [1.165, 1.54) is 19.4 Å². The fourth-order valence-electron chi connectivity index (χ4n) is 2.11. The highest BCUT2D eigenvalue weighted by atomic mass is 79.9. The highest BCUT2D eigenvalue weighted by molar-refractivity contribution is 9.10. The zero-order valence-corrected chi connectivity index (χ0v) is 13.7. The van der Waals surface area contributed by atoms with E-state index in [4.69, 9.17) is 4.74 Å². The normalized spacial score (nSPS) is 10.5. The summed E-state index contributed by atoms with van der Waals surface area (Å²) in [6.07, 6.45) is 1.39. The summed E-state index contributed by atoms with van der Waals surface area (Å²) >= 11 is 3.40. The van der Waals surface area contributed by atoms with Crippen LogP contribution in [0.25, 0.3) is 10.9 Å². The smallest absolute Gasteiger partial charge is 0.279 e. The number of anilines is 1. The number of carbonyl (C=O) groups is 1. The first kappa shape index (κ1) is 15.2. The highest BCUT2D eigenvalue weighted by Gasteiger charge is 2.17. The number of hydrogen-bond acceptors (Lipinski definition) is 5. The molecule has 1 amide bonds. The Morgan fingerprint density at radius 3 is 2.87 bits per heavy atom. The fourth-order valence-corrected chi connectivity index (χ4v) is 2.49. The summed E-state index contributed by atoms with van der Waals surface area (Å²) in [5.41, 5.74) is 0.621. The van der Waals surface area contributed by atoms with E-state index in [2.05, 4.69) is 31.2 Å². The van der Waals surface area contributed by atoms with Crippen LogP contribution in [0, 0.1) is 0 Å². The van der Waals surface area contributed by atoms with Gasteiger partial charge in [0, 0.05) is 22.1 Å². The predicted molar refractivity (Wildman–Crippen MR) is 89.9 cm³/mol. The number of ether oxygens (including phenoxy) is 1. The van der Waals surface area contributed by atoms with E-state index >= 15 is 0 Å². The Kier molecular flexibility index (Phi) is 4.12. The molecule has 0 aliphatic heterocycles. The molecule has 0 fully saturated rings. The third-order valence-electron chi connectivity index (χ3n) is 3.22. The SMILES string of the molecule is COc1ccnc(C(=O)Nc2ccc3cc(Br)ccc3n2)c1O. The van der Waals surface area contributed by atoms with Crippen molar-refractivity contribution in [1.29, 1.82) is 0 Å². The summed E-state index contributed by atoms with van der Waals surface area (Å²) in [6, 6.07) is 10.7. The Bertz CT molecular complexity index is 899. The minimum Gasteiger partial charge on any atom is -0.503 e. The highest BCUT2D eigenvalue weighted by Crippen LogP contribution is 2.28. The Balaban J connectivity index is 1.90. The largest absolute Gasteiger partial charge is 0.503 e. The topological polar surface area (TPSA) is 84.3 Å². The fraction of sp³-hybridized carbons (Fsp3) is 0.0625. The molecule has 0 aliphatic carbocycles. The van der Waals surface area contributed by atoms with Crippen molar-refractivity contribution >= 4 is 38.6 Å². The van der Waals surface area contributed by atoms with Crippen molar-refractivity contribution in [3.63, 3.8) is 0 Å². The monoisotopic (exact) mass is 373 g/mol. The number of rotatable bonds is 3. The Morgan fingerprint density at radius 2 is 2.09 bits per heavy atom. The lowest BCUT2D eigenvalue weighted by Gasteiger charge is -2.08. The molecule has 23 heavy (non-hydrogen) atoms. The van der Waals surface area contributed by atoms with Crippen molar-refractivity contribution in [2.45, 2.75) is 0 Å². The van der Waals surface area contributed by atoms with Gasteiger partial charge < -0.3 is 15.2 Å². The Hall–Kier alpha value is -2.67. The number of methoxy groups -OCH3 is 1. The molecule has 0 aliphatic rings. The van der Waals surface area contributed by atoms with Crippen LogP contribution in [0.2, 0.25) is 0 Å². The molecule has 1 aromatic carbocycles. The average Bonchev–Trinajstić information content (AvgIpc) is 2.55. The van der Waals surface area contributed by atoms with Crippen LogP contribution in [0.5, 0.6) is 11.5 Å². The van der Waals surface area contributed by atoms with Crippen molar-refractivity contribution in [2.24, 2.45) is 0 Å². The second-order valence-corrected chi connectivity index (χ2v) is 5.61. The molecule has 0 atom stereocenters. The van der Waals surface area contributed by atoms with Gasteiger partial charge in [0.2, 0.25) is 0 Å². The van der Waals surface area contributed by atoms with Crippen molar-refractivity contribution in [1.82, 2.24) is 9.97 Å². The van der Waals surface area contributed by atoms with E-state index in [0.29, 0.717) is 5.82 Å². The first-order chi connectivity index (χ1) is 11.1. The average molecular weight is 374 g/mol. The lowest BCUT2D eigenvalue weighted by atomic mass is 10.2. The molecule has 0 bridgehead atoms. The maximum atomic E-state index is 12.3. The molecule has 7 heteroatoms. The van der Waals surface area contributed by atoms with E-state index in [-0.39, 0.29) is 17.2 Å². The number of aromatic nitrogens is 2. The van der Waals surface area contributed by atoms with Crippen LogP contribution in [0.1, 0.15) is 10.5 Å². The quantitative estimate of drug-likeness (QED) is 0.735. The van der Waals surface area contributed by atoms with E-state index < -0.39 is 5.91 Å². The van der Waals surface area contributed by atoms with E-state index in [0.717, 1.165) is 15.4 Å². The number of fused-ring (bicyclic) bond motifs is 1. The summed E-state index contributed by atoms with van der Waals surface area (Å²) in [5, 5.41) is 13.5. The minimum atomic E-state index is -0.564. The second kappa shape index (κ2) is 6.21. The third kappa shape index (κ3) is 3.09. The molecule has 6 nitrogen and oxygen atoms in total. The van der Waals surface area contributed by atoms with Gasteiger partial charge in [-0.2, -0.15) is 0 Å². The number of pyridine rings is 2. The van der Waals surface area contributed by atoms with Crippen molar-refractivity contribution in [2.75, 3.05) is 12.4 Å². The van der Waals surface area contributed by atoms with Gasteiger partial charge in [0.25, 0.3) is 5.91 Å². The van der Waals surface area contributed by atoms with Gasteiger partial charge in [0.05, 0.1) is 12.6 Å². The maximum Gasteiger partial charge on any atom is 0.279 e. The van der Waals surface area contributed by atoms with Crippen LogP contribution in [0.3, 0.4) is 0 Å². The van der Waals surface area contributed by atoms with Gasteiger partial charge in [-0.25, -0.2) is 9.97 Å². The van der Waals surface area contributed by atoms with Gasteiger partial charge in [-0.3, -0.25) is 4.79 Å². The van der Waals surface area contributed by atoms with Gasteiger partial charge in [-0.05, 0) is 30.3 Å². The van der Waals surface area contributed by atoms with Gasteiger partial charge in [-0.1, -0.05) is 15.9 Å². The van der Waals surface area contributed by atoms with Gasteiger partial charge in [0.1, 0.15) is 5.82 Å². The molecule has 0 radical (unpaired) electrons. The number of halogens is 1. The molecule has 0 saturated carbocycles. The van der Waals surface area contributed by atoms with E-state index in [9.17, 15) is 9.90 Å². The number of nitrogens with zero attached hydrogens (tertiary/aromatic N) is 2. The zero-order chi connectivity index (χ0) is 16.4. The summed E-state index contributed by atoms with van der Waals surface area (Å²) in [5.74, 6) is -0.321. The Labute approximate surface area is 140 Å². The van der Waals surface area contributed by atoms with Crippen LogP contribution in [0.4, 0.5) is 5.82 Å². The zero-order valence-electron chi connectivity index (χ0n) is 12.1. The molecule has 116 valence electrons. The van der Waals surface area contributed by atoms with Crippen LogP contribution in [-0.4, -0.2) is 28.1 Å². The number of hydrogen-bond donors (Lipinski definition) is 2. The van der Waals surface area contributed by atoms with E-state index in [1.54, 1.807) is 6.07 Å². The molecule has 3 aromatic rings. The van der Waals surface area contributed by atoms with Crippen LogP contribution < -0.4 is 10.1 Å². The van der Waals surface area contributed by atoms with Gasteiger partial charge in [-0.15, -0.1) is 0 Å². The summed E-state index contributed by atoms with van der Waals surface area (Å²) in [4.78, 5) is 20.5. The van der Waals surface area contributed by atoms with Gasteiger partial charge in [0.15, 0.2) is 17.2 Å². The number of nitrogens with one attached hydrogen (secondary N) is 1. The molecular weight excluding hydrogens is 362 g/mol. The second-order valence-electron chi connectivity index (χ2n) is 4.70. The molecule has 0 saturated heterocycles. The van der Waals surface area contributed by atoms with Gasteiger partial charge >= 0.3 is 0 Å². The molecule has 0 unspecified atom stereocenters. The third-order valence-corrected chi connectivity index (χ3v) is 3.71. The number of aromatic hydroxyl groups is 1. The molecule has 3 rings (SSSR count). The van der Waals surface area contributed by atoms with E-state index in [1.807, 2.05) is 24.3 Å². The number of benzene rings is 1. The molecule has 2 aromatic heterocycles. The van der Waals surface area contributed by atoms with Crippen LogP contribution >= 0.6 is 15.9 Å². The first-order valence-corrected chi connectivity index (χ1v) is 7.47. The predicted octanol–water partition coefficient (Wildman–Crippen LogP) is 3.36. The molecular formula is C16H12BrN3O3. The van der Waals surface area contributed by atoms with Crippen molar-refractivity contribution < 1.29 is 14.6 Å². The van der Waals surface area contributed by atoms with Crippen LogP contribution in [-0.2, 0) is 0 Å². The van der Waals surface area contributed by atoms with Crippen molar-refractivity contribution in [3.05, 3.63) is 52.8 Å². The number of carbonyl (C=O) groups excluding carboxylic acids is 1. The maximum absolute atomic E-state index is 12.3. The molecule has 2 N–H and O–H groups in total. The number of amides is 1. The lowest BCUT2D eigenvalue weighted by Crippen LogP contribution is -2.15. The summed E-state index contributed by atoms with van der Waals surface area (Å²) < 4.78 is 5.92. The van der Waals surface area contributed by atoms with Crippen molar-refractivity contribution in [3.8, 4) is 11.5 Å². The Morgan fingerprint density at radius 1 is 1.26 bits per heavy atom. The molecule has 2 heterocycles. The first-order valence-electron chi connectivity index (χ1n) is 6.68. The minimum absolute atomic E-state index is 0.123. The standard InChI is InChI=1S/C16H12BrN3O3/c1-23-12-6-7-18-14(15(12)21)16(22)20-13-5-2-9-8-10(17)3-4-11(9)19-13/h2-8,21H,1H3,(H,19,20,22). The lowest BCUT2D eigenvalue weighted by molar-refractivity contribution is 0.101. The van der Waals surface area contributed by atoms with Crippen LogP contribution in [0.15, 0.2) is 47.1 Å². The summed E-state index contributed by atoms with van der Waals surface area (Å²) in [7, 11) is 1.40. The molecule has 0 spiro atoms.